The van der Waals surface area contributed by atoms with Crippen LogP contribution in [-0.4, -0.2) is 67.7 Å². The zero-order valence-corrected chi connectivity index (χ0v) is 41.7. The number of rotatable bonds is 9. The number of anilines is 1. The van der Waals surface area contributed by atoms with Crippen molar-refractivity contribution in [3.8, 4) is 22.3 Å². The van der Waals surface area contributed by atoms with Crippen LogP contribution in [0.4, 0.5) is 10.1 Å². The van der Waals surface area contributed by atoms with Crippen molar-refractivity contribution < 1.29 is 32.5 Å². The number of piperidine rings is 2. The number of nitrogens with one attached hydrogen (secondary N) is 1. The molecule has 7 aromatic rings. The fraction of sp³-hybridized carbons (Fsp3) is 0.481. The van der Waals surface area contributed by atoms with Gasteiger partial charge in [0.2, 0.25) is 11.8 Å². The summed E-state index contributed by atoms with van der Waals surface area (Å²) in [6.45, 7) is 7.75. The van der Waals surface area contributed by atoms with E-state index in [1.807, 2.05) is 27.7 Å². The summed E-state index contributed by atoms with van der Waals surface area (Å²) in [5.74, 6) is 2.94. The van der Waals surface area contributed by atoms with Crippen molar-refractivity contribution in [2.45, 2.75) is 154 Å². The maximum Gasteiger partial charge on any atom is 0.227 e. The Morgan fingerprint density at radius 2 is 1.19 bits per heavy atom. The minimum atomic E-state index is -0.540. The van der Waals surface area contributed by atoms with Crippen LogP contribution in [0.25, 0.3) is 44.3 Å². The number of carbonyl (C=O) groups excluding carboxylic acids is 2. The molecule has 0 radical (unpaired) electrons. The number of methoxy groups -OCH3 is 2. The molecule has 4 aromatic heterocycles. The summed E-state index contributed by atoms with van der Waals surface area (Å²) >= 11 is 5.98. The Morgan fingerprint density at radius 1 is 0.657 bits per heavy atom. The van der Waals surface area contributed by atoms with Crippen molar-refractivity contribution in [2.24, 2.45) is 0 Å². The molecular formula is C54H62ClFN8O6. The van der Waals surface area contributed by atoms with E-state index in [1.165, 1.54) is 12.1 Å². The van der Waals surface area contributed by atoms with E-state index in [4.69, 9.17) is 40.1 Å². The molecule has 2 saturated heterocycles. The molecule has 70 heavy (non-hydrogen) atoms. The van der Waals surface area contributed by atoms with Crippen LogP contribution in [0.2, 0.25) is 5.02 Å². The van der Waals surface area contributed by atoms with Gasteiger partial charge in [-0.15, -0.1) is 0 Å². The van der Waals surface area contributed by atoms with Crippen LogP contribution in [0.3, 0.4) is 0 Å². The SMILES string of the molecule is COC1CCC(n2c([C@@H]3CCCC(=O)N3)nc3cc(-c4c(C)noc4C)ccc32)CC1.COC1CCC(n2c([C@@H]3CCCC(=O)N3c3ccc(Cl)c(F)c3)nc3cc(-c4c(C)noc4C)ccc32)CC1. The summed E-state index contributed by atoms with van der Waals surface area (Å²) in [6, 6.07) is 17.6. The molecule has 4 aliphatic rings. The molecule has 2 amide bonds. The maximum absolute atomic E-state index is 14.5. The molecule has 2 aliphatic carbocycles. The first kappa shape index (κ1) is 47.8. The fourth-order valence-electron chi connectivity index (χ4n) is 11.7. The Labute approximate surface area is 412 Å². The minimum Gasteiger partial charge on any atom is -0.381 e. The summed E-state index contributed by atoms with van der Waals surface area (Å²) < 4.78 is 41.3. The molecule has 16 heteroatoms. The van der Waals surface area contributed by atoms with Crippen LogP contribution in [0.1, 0.15) is 149 Å². The van der Waals surface area contributed by atoms with Crippen molar-refractivity contribution in [3.63, 3.8) is 0 Å². The molecule has 368 valence electrons. The van der Waals surface area contributed by atoms with Gasteiger partial charge < -0.3 is 37.9 Å². The van der Waals surface area contributed by atoms with E-state index in [9.17, 15) is 14.0 Å². The first-order valence-corrected chi connectivity index (χ1v) is 25.3. The number of aryl methyl sites for hydroxylation is 4. The highest BCUT2D eigenvalue weighted by molar-refractivity contribution is 6.30. The number of fused-ring (bicyclic) bond motifs is 2. The number of imidazole rings is 2. The molecule has 6 heterocycles. The molecule has 1 N–H and O–H groups in total. The van der Waals surface area contributed by atoms with Gasteiger partial charge in [0.05, 0.1) is 62.8 Å². The van der Waals surface area contributed by atoms with Gasteiger partial charge in [-0.3, -0.25) is 9.59 Å². The predicted octanol–water partition coefficient (Wildman–Crippen LogP) is 12.3. The van der Waals surface area contributed by atoms with Crippen LogP contribution in [0.5, 0.6) is 0 Å². The monoisotopic (exact) mass is 972 g/mol. The Kier molecular flexibility index (Phi) is 13.7. The third-order valence-corrected chi connectivity index (χ3v) is 15.5. The number of aromatic nitrogens is 6. The van der Waals surface area contributed by atoms with E-state index in [0.29, 0.717) is 30.7 Å². The van der Waals surface area contributed by atoms with Gasteiger partial charge in [0.25, 0.3) is 0 Å². The Bertz CT molecular complexity index is 3010. The largest absolute Gasteiger partial charge is 0.381 e. The summed E-state index contributed by atoms with van der Waals surface area (Å²) in [5, 5.41) is 11.4. The normalized spacial score (nSPS) is 23.2. The number of halogens is 2. The third kappa shape index (κ3) is 9.16. The quantitative estimate of drug-likeness (QED) is 0.148. The summed E-state index contributed by atoms with van der Waals surface area (Å²) in [7, 11) is 3.58. The number of carbonyl (C=O) groups is 2. The molecule has 11 rings (SSSR count). The van der Waals surface area contributed by atoms with Crippen molar-refractivity contribution in [1.29, 1.82) is 0 Å². The van der Waals surface area contributed by atoms with Crippen molar-refractivity contribution in [3.05, 3.63) is 100.0 Å². The average Bonchev–Trinajstić information content (AvgIpc) is 4.13. The predicted molar refractivity (Wildman–Crippen MR) is 266 cm³/mol. The number of amides is 2. The first-order chi connectivity index (χ1) is 33.9. The highest BCUT2D eigenvalue weighted by atomic mass is 35.5. The molecule has 3 aromatic carbocycles. The average molecular weight is 974 g/mol. The number of benzene rings is 3. The van der Waals surface area contributed by atoms with Gasteiger partial charge in [0.1, 0.15) is 29.0 Å². The zero-order chi connectivity index (χ0) is 48.8. The molecule has 0 spiro atoms. The van der Waals surface area contributed by atoms with Crippen LogP contribution in [-0.2, 0) is 19.1 Å². The summed E-state index contributed by atoms with van der Waals surface area (Å²) in [6.07, 6.45) is 13.0. The van der Waals surface area contributed by atoms with E-state index in [1.54, 1.807) is 25.2 Å². The van der Waals surface area contributed by atoms with Gasteiger partial charge in [0.15, 0.2) is 0 Å². The Balaban J connectivity index is 0.000000166. The molecule has 14 nitrogen and oxygen atoms in total. The van der Waals surface area contributed by atoms with E-state index in [-0.39, 0.29) is 41.1 Å². The second-order valence-corrected chi connectivity index (χ2v) is 20.0. The third-order valence-electron chi connectivity index (χ3n) is 15.2. The topological polar surface area (TPSA) is 156 Å². The second kappa shape index (κ2) is 20.1. The van der Waals surface area contributed by atoms with Gasteiger partial charge in [-0.2, -0.15) is 0 Å². The number of hydrogen-bond acceptors (Lipinski definition) is 10. The number of ether oxygens (including phenoxy) is 2. The molecule has 2 saturated carbocycles. The standard InChI is InChI=1S/C30H32ClFN4O3.C24H30N4O3/c1-17-29(18(2)39-34-17)19-7-14-26-25(15-19)33-30(36(26)20-8-11-22(38-3)12-9-20)27-5-4-6-28(37)35(27)21-10-13-23(31)24(32)16-21;1-14-23(15(2)31-27-14)16-7-12-21-20(13-16)26-24(19-5-4-6-22(29)25-19)28(21)17-8-10-18(30-3)11-9-17/h7,10,13-16,20,22,27H,4-6,8-9,11-12H2,1-3H3;7,12-13,17-19H,4-6,8-11H2,1-3H3,(H,25,29)/t20?,22?,27-;17?,18?,19-/m00/s1. The van der Waals surface area contributed by atoms with E-state index >= 15 is 0 Å². The van der Waals surface area contributed by atoms with Gasteiger partial charge in [-0.1, -0.05) is 34.0 Å². The van der Waals surface area contributed by atoms with E-state index < -0.39 is 5.82 Å². The van der Waals surface area contributed by atoms with Gasteiger partial charge >= 0.3 is 0 Å². The lowest BCUT2D eigenvalue weighted by Crippen LogP contribution is -2.40. The van der Waals surface area contributed by atoms with Crippen molar-refractivity contribution in [1.82, 2.24) is 34.7 Å². The van der Waals surface area contributed by atoms with Gasteiger partial charge in [0, 0.05) is 56.0 Å². The van der Waals surface area contributed by atoms with Crippen LogP contribution < -0.4 is 10.2 Å². The first-order valence-electron chi connectivity index (χ1n) is 24.9. The maximum atomic E-state index is 14.5. The number of nitrogens with zero attached hydrogens (tertiary/aromatic N) is 7. The van der Waals surface area contributed by atoms with E-state index in [2.05, 4.69) is 61.2 Å². The smallest absolute Gasteiger partial charge is 0.227 e. The van der Waals surface area contributed by atoms with Crippen molar-refractivity contribution >= 4 is 51.2 Å². The Hall–Kier alpha value is -5.90. The highest BCUT2D eigenvalue weighted by Crippen LogP contribution is 2.43. The summed E-state index contributed by atoms with van der Waals surface area (Å²) in [5.41, 5.74) is 10.3. The van der Waals surface area contributed by atoms with Gasteiger partial charge in [-0.05, 0) is 158 Å². The van der Waals surface area contributed by atoms with E-state index in [0.717, 1.165) is 156 Å². The highest BCUT2D eigenvalue weighted by Gasteiger charge is 2.37. The second-order valence-electron chi connectivity index (χ2n) is 19.6. The molecule has 2 aliphatic heterocycles. The van der Waals surface area contributed by atoms with Crippen LogP contribution >= 0.6 is 11.6 Å². The molecular weight excluding hydrogens is 911 g/mol. The fourth-order valence-corrected chi connectivity index (χ4v) is 11.9. The molecule has 4 fully saturated rings. The molecule has 2 atom stereocenters. The van der Waals surface area contributed by atoms with Crippen LogP contribution in [0, 0.1) is 33.5 Å². The number of hydrogen-bond donors (Lipinski definition) is 1. The molecule has 0 unspecified atom stereocenters. The minimum absolute atomic E-state index is 0.0312. The van der Waals surface area contributed by atoms with Crippen LogP contribution in [0.15, 0.2) is 63.6 Å². The lowest BCUT2D eigenvalue weighted by Gasteiger charge is -2.37. The molecule has 0 bridgehead atoms. The Morgan fingerprint density at radius 3 is 1.69 bits per heavy atom. The van der Waals surface area contributed by atoms with Crippen molar-refractivity contribution in [2.75, 3.05) is 19.1 Å². The lowest BCUT2D eigenvalue weighted by atomic mass is 9.91. The lowest BCUT2D eigenvalue weighted by molar-refractivity contribution is -0.123. The zero-order valence-electron chi connectivity index (χ0n) is 40.9. The summed E-state index contributed by atoms with van der Waals surface area (Å²) in [4.78, 5) is 37.5. The van der Waals surface area contributed by atoms with Gasteiger partial charge in [-0.25, -0.2) is 14.4 Å².